The van der Waals surface area contributed by atoms with Gasteiger partial charge in [0.1, 0.15) is 18.9 Å². The monoisotopic (exact) mass is 337 g/mol. The Morgan fingerprint density at radius 3 is 2.68 bits per heavy atom. The molecule has 0 atom stereocenters. The average molecular weight is 337 g/mol. The largest absolute Gasteiger partial charge is 0.494 e. The van der Waals surface area contributed by atoms with Crippen LogP contribution in [0.4, 0.5) is 0 Å². The number of rotatable bonds is 7. The molecule has 25 heavy (non-hydrogen) atoms. The zero-order valence-corrected chi connectivity index (χ0v) is 14.0. The van der Waals surface area contributed by atoms with Crippen molar-refractivity contribution in [2.24, 2.45) is 0 Å². The van der Waals surface area contributed by atoms with Crippen molar-refractivity contribution in [1.29, 1.82) is 0 Å². The minimum Gasteiger partial charge on any atom is -0.494 e. The second kappa shape index (κ2) is 7.66. The van der Waals surface area contributed by atoms with E-state index < -0.39 is 0 Å². The van der Waals surface area contributed by atoms with Gasteiger partial charge in [-0.1, -0.05) is 30.3 Å². The van der Waals surface area contributed by atoms with E-state index in [-0.39, 0.29) is 19.1 Å². The van der Waals surface area contributed by atoms with Gasteiger partial charge in [0.05, 0.1) is 6.61 Å². The molecule has 1 aromatic heterocycles. The lowest BCUT2D eigenvalue weighted by molar-refractivity contribution is -0.145. The summed E-state index contributed by atoms with van der Waals surface area (Å²) in [6.07, 6.45) is 2.45. The molecule has 128 valence electrons. The summed E-state index contributed by atoms with van der Waals surface area (Å²) in [6.45, 7) is 2.73. The Kier molecular flexibility index (Phi) is 5.14. The number of hydrogen-bond donors (Lipinski definition) is 0. The molecule has 3 aromatic rings. The number of esters is 1. The molecule has 5 heteroatoms. The van der Waals surface area contributed by atoms with Gasteiger partial charge in [-0.15, -0.1) is 0 Å². The van der Waals surface area contributed by atoms with Crippen LogP contribution in [0.2, 0.25) is 0 Å². The third kappa shape index (κ3) is 3.88. The van der Waals surface area contributed by atoms with Gasteiger partial charge in [-0.2, -0.15) is 0 Å². The van der Waals surface area contributed by atoms with Crippen molar-refractivity contribution >= 4 is 23.2 Å². The quantitative estimate of drug-likeness (QED) is 0.488. The number of aldehydes is 1. The van der Waals surface area contributed by atoms with Crippen molar-refractivity contribution in [2.45, 2.75) is 20.1 Å². The first kappa shape index (κ1) is 16.8. The highest BCUT2D eigenvalue weighted by molar-refractivity contribution is 5.98. The molecule has 0 N–H and O–H groups in total. The van der Waals surface area contributed by atoms with E-state index in [1.165, 1.54) is 0 Å². The first-order valence-corrected chi connectivity index (χ1v) is 8.11. The lowest BCUT2D eigenvalue weighted by Crippen LogP contribution is -2.12. The molecule has 0 aliphatic carbocycles. The standard InChI is InChI=1S/C20H19NO4/c1-2-24-17-8-9-19-18(10-17)16(13-22)11-21(19)12-20(23)25-14-15-6-4-3-5-7-15/h3-11,13H,2,12,14H2,1H3. The molecule has 2 aromatic carbocycles. The number of fused-ring (bicyclic) bond motifs is 1. The number of nitrogens with zero attached hydrogens (tertiary/aromatic N) is 1. The highest BCUT2D eigenvalue weighted by atomic mass is 16.5. The molecule has 0 amide bonds. The lowest BCUT2D eigenvalue weighted by Gasteiger charge is -2.08. The summed E-state index contributed by atoms with van der Waals surface area (Å²) in [5, 5.41) is 0.761. The van der Waals surface area contributed by atoms with Gasteiger partial charge < -0.3 is 14.0 Å². The van der Waals surface area contributed by atoms with E-state index in [0.29, 0.717) is 17.9 Å². The molecule has 0 spiro atoms. The number of carbonyl (C=O) groups excluding carboxylic acids is 2. The van der Waals surface area contributed by atoms with Crippen molar-refractivity contribution in [3.63, 3.8) is 0 Å². The molecule has 0 saturated heterocycles. The molecule has 0 bridgehead atoms. The van der Waals surface area contributed by atoms with Crippen molar-refractivity contribution in [2.75, 3.05) is 6.61 Å². The van der Waals surface area contributed by atoms with Crippen LogP contribution >= 0.6 is 0 Å². The van der Waals surface area contributed by atoms with Crippen molar-refractivity contribution < 1.29 is 19.1 Å². The van der Waals surface area contributed by atoms with Crippen LogP contribution in [-0.4, -0.2) is 23.4 Å². The smallest absolute Gasteiger partial charge is 0.326 e. The average Bonchev–Trinajstić information content (AvgIpc) is 2.98. The fraction of sp³-hybridized carbons (Fsp3) is 0.200. The SMILES string of the molecule is CCOc1ccc2c(c1)c(C=O)cn2CC(=O)OCc1ccccc1. The second-order valence-electron chi connectivity index (χ2n) is 5.59. The molecule has 0 unspecified atom stereocenters. The van der Waals surface area contributed by atoms with Crippen LogP contribution in [0.15, 0.2) is 54.7 Å². The third-order valence-corrected chi connectivity index (χ3v) is 3.86. The maximum Gasteiger partial charge on any atom is 0.326 e. The van der Waals surface area contributed by atoms with Crippen LogP contribution < -0.4 is 4.74 Å². The van der Waals surface area contributed by atoms with Gasteiger partial charge >= 0.3 is 5.97 Å². The molecule has 0 saturated carbocycles. The fourth-order valence-corrected chi connectivity index (χ4v) is 2.71. The van der Waals surface area contributed by atoms with Crippen LogP contribution in [0.5, 0.6) is 5.75 Å². The highest BCUT2D eigenvalue weighted by Gasteiger charge is 2.13. The Labute approximate surface area is 145 Å². The van der Waals surface area contributed by atoms with E-state index in [2.05, 4.69) is 0 Å². The van der Waals surface area contributed by atoms with E-state index in [4.69, 9.17) is 9.47 Å². The maximum absolute atomic E-state index is 12.1. The molecule has 0 aliphatic heterocycles. The predicted octanol–water partition coefficient (Wildman–Crippen LogP) is 3.60. The van der Waals surface area contributed by atoms with E-state index in [0.717, 1.165) is 22.8 Å². The molecular weight excluding hydrogens is 318 g/mol. The van der Waals surface area contributed by atoms with Crippen molar-refractivity contribution in [3.05, 3.63) is 65.9 Å². The van der Waals surface area contributed by atoms with E-state index >= 15 is 0 Å². The van der Waals surface area contributed by atoms with Gasteiger partial charge in [0.25, 0.3) is 0 Å². The lowest BCUT2D eigenvalue weighted by atomic mass is 10.2. The summed E-state index contributed by atoms with van der Waals surface area (Å²) in [4.78, 5) is 23.5. The zero-order chi connectivity index (χ0) is 17.6. The van der Waals surface area contributed by atoms with Gasteiger partial charge in [-0.25, -0.2) is 0 Å². The van der Waals surface area contributed by atoms with Crippen molar-refractivity contribution in [1.82, 2.24) is 4.57 Å². The van der Waals surface area contributed by atoms with Crippen LogP contribution in [-0.2, 0) is 22.7 Å². The molecule has 0 fully saturated rings. The Morgan fingerprint density at radius 2 is 1.96 bits per heavy atom. The normalized spacial score (nSPS) is 10.6. The molecule has 0 radical (unpaired) electrons. The van der Waals surface area contributed by atoms with E-state index in [1.54, 1.807) is 10.8 Å². The zero-order valence-electron chi connectivity index (χ0n) is 14.0. The number of aromatic nitrogens is 1. The summed E-state index contributed by atoms with van der Waals surface area (Å²) in [5.41, 5.74) is 2.25. The Bertz CT molecular complexity index is 883. The number of hydrogen-bond acceptors (Lipinski definition) is 4. The second-order valence-corrected chi connectivity index (χ2v) is 5.59. The van der Waals surface area contributed by atoms with Crippen LogP contribution in [0.25, 0.3) is 10.9 Å². The molecular formula is C20H19NO4. The summed E-state index contributed by atoms with van der Waals surface area (Å²) in [7, 11) is 0. The highest BCUT2D eigenvalue weighted by Crippen LogP contribution is 2.25. The summed E-state index contributed by atoms with van der Waals surface area (Å²) < 4.78 is 12.5. The summed E-state index contributed by atoms with van der Waals surface area (Å²) >= 11 is 0. The Morgan fingerprint density at radius 1 is 1.16 bits per heavy atom. The Balaban J connectivity index is 1.76. The van der Waals surface area contributed by atoms with Crippen molar-refractivity contribution in [3.8, 4) is 5.75 Å². The van der Waals surface area contributed by atoms with Crippen LogP contribution in [0.1, 0.15) is 22.8 Å². The first-order chi connectivity index (χ1) is 12.2. The van der Waals surface area contributed by atoms with Gasteiger partial charge in [0.15, 0.2) is 6.29 Å². The maximum atomic E-state index is 12.1. The summed E-state index contributed by atoms with van der Waals surface area (Å²) in [6, 6.07) is 15.0. The van der Waals surface area contributed by atoms with Gasteiger partial charge in [-0.3, -0.25) is 9.59 Å². The van der Waals surface area contributed by atoms with Crippen LogP contribution in [0.3, 0.4) is 0 Å². The Hall–Kier alpha value is -3.08. The molecule has 5 nitrogen and oxygen atoms in total. The topological polar surface area (TPSA) is 57.5 Å². The minimum atomic E-state index is -0.355. The van der Waals surface area contributed by atoms with Crippen LogP contribution in [0, 0.1) is 0 Å². The van der Waals surface area contributed by atoms with Gasteiger partial charge in [0.2, 0.25) is 0 Å². The molecule has 3 rings (SSSR count). The third-order valence-electron chi connectivity index (χ3n) is 3.86. The molecule has 1 heterocycles. The van der Waals surface area contributed by atoms with E-state index in [1.807, 2.05) is 55.5 Å². The predicted molar refractivity (Wildman–Crippen MR) is 94.7 cm³/mol. The van der Waals surface area contributed by atoms with Gasteiger partial charge in [-0.05, 0) is 30.7 Å². The number of benzene rings is 2. The first-order valence-electron chi connectivity index (χ1n) is 8.11. The van der Waals surface area contributed by atoms with Gasteiger partial charge in [0, 0.05) is 22.7 Å². The number of carbonyl (C=O) groups is 2. The summed E-state index contributed by atoms with van der Waals surface area (Å²) in [5.74, 6) is 0.342. The molecule has 0 aliphatic rings. The fourth-order valence-electron chi connectivity index (χ4n) is 2.71. The number of ether oxygens (including phenoxy) is 2. The van der Waals surface area contributed by atoms with E-state index in [9.17, 15) is 9.59 Å². The minimum absolute atomic E-state index is 0.0468.